The largest absolute Gasteiger partial charge is 0.489 e. The lowest BCUT2D eigenvalue weighted by molar-refractivity contribution is -0.116. The summed E-state index contributed by atoms with van der Waals surface area (Å²) in [4.78, 5) is 12.4. The molecule has 25 heavy (non-hydrogen) atoms. The molecule has 0 fully saturated rings. The number of amides is 1. The van der Waals surface area contributed by atoms with Crippen molar-refractivity contribution in [1.82, 2.24) is 0 Å². The van der Waals surface area contributed by atoms with Crippen LogP contribution in [0.4, 0.5) is 11.4 Å². The van der Waals surface area contributed by atoms with E-state index in [4.69, 9.17) is 9.47 Å². The van der Waals surface area contributed by atoms with Gasteiger partial charge in [0.25, 0.3) is 0 Å². The van der Waals surface area contributed by atoms with Gasteiger partial charge in [-0.3, -0.25) is 4.79 Å². The minimum atomic E-state index is -0.405. The number of para-hydroxylation sites is 2. The van der Waals surface area contributed by atoms with Crippen molar-refractivity contribution >= 4 is 17.3 Å². The van der Waals surface area contributed by atoms with Gasteiger partial charge in [0.1, 0.15) is 18.4 Å². The van der Waals surface area contributed by atoms with Crippen LogP contribution >= 0.6 is 0 Å². The second-order valence-electron chi connectivity index (χ2n) is 5.74. The van der Waals surface area contributed by atoms with E-state index in [0.717, 1.165) is 17.8 Å². The minimum absolute atomic E-state index is 0.101. The number of methoxy groups -OCH3 is 1. The lowest BCUT2D eigenvalue weighted by Gasteiger charge is -2.18. The van der Waals surface area contributed by atoms with Crippen LogP contribution in [0.1, 0.15) is 19.4 Å². The van der Waals surface area contributed by atoms with E-state index in [0.29, 0.717) is 19.0 Å². The highest BCUT2D eigenvalue weighted by Gasteiger charge is 2.15. The molecule has 0 saturated carbocycles. The summed E-state index contributed by atoms with van der Waals surface area (Å²) in [6.45, 7) is 4.89. The molecule has 0 bridgehead atoms. The molecule has 0 aromatic heterocycles. The molecule has 2 aromatic carbocycles. The molecule has 134 valence electrons. The quantitative estimate of drug-likeness (QED) is 0.682. The monoisotopic (exact) mass is 342 g/mol. The van der Waals surface area contributed by atoms with Crippen LogP contribution in [0.5, 0.6) is 5.75 Å². The van der Waals surface area contributed by atoms with Gasteiger partial charge in [-0.25, -0.2) is 0 Å². The van der Waals surface area contributed by atoms with Crippen molar-refractivity contribution in [3.05, 3.63) is 54.1 Å². The van der Waals surface area contributed by atoms with E-state index in [1.807, 2.05) is 55.5 Å². The molecule has 0 radical (unpaired) electrons. The number of rotatable bonds is 9. The van der Waals surface area contributed by atoms with Crippen molar-refractivity contribution < 1.29 is 14.3 Å². The summed E-state index contributed by atoms with van der Waals surface area (Å²) in [5.74, 6) is 0.599. The second-order valence-corrected chi connectivity index (χ2v) is 5.74. The molecular formula is C20H26N2O3. The molecular weight excluding hydrogens is 316 g/mol. The fraction of sp³-hybridized carbons (Fsp3) is 0.350. The Morgan fingerprint density at radius 3 is 2.48 bits per heavy atom. The fourth-order valence-electron chi connectivity index (χ4n) is 2.32. The summed E-state index contributed by atoms with van der Waals surface area (Å²) < 4.78 is 10.7. The first kappa shape index (κ1) is 18.8. The van der Waals surface area contributed by atoms with Crippen molar-refractivity contribution in [3.8, 4) is 5.75 Å². The zero-order valence-corrected chi connectivity index (χ0v) is 15.0. The van der Waals surface area contributed by atoms with Crippen LogP contribution in [0.2, 0.25) is 0 Å². The molecule has 2 rings (SSSR count). The number of carbonyl (C=O) groups is 1. The zero-order valence-electron chi connectivity index (χ0n) is 15.0. The number of ether oxygens (including phenoxy) is 2. The van der Waals surface area contributed by atoms with Crippen molar-refractivity contribution in [2.24, 2.45) is 0 Å². The van der Waals surface area contributed by atoms with E-state index in [2.05, 4.69) is 17.6 Å². The van der Waals surface area contributed by atoms with E-state index < -0.39 is 6.04 Å². The molecule has 0 saturated heterocycles. The Kier molecular flexibility index (Phi) is 7.29. The Morgan fingerprint density at radius 2 is 1.80 bits per heavy atom. The Morgan fingerprint density at radius 1 is 1.08 bits per heavy atom. The van der Waals surface area contributed by atoms with Crippen LogP contribution in [0.15, 0.2) is 48.5 Å². The van der Waals surface area contributed by atoms with Gasteiger partial charge < -0.3 is 20.1 Å². The van der Waals surface area contributed by atoms with Gasteiger partial charge in [0, 0.05) is 12.8 Å². The van der Waals surface area contributed by atoms with E-state index >= 15 is 0 Å². The maximum absolute atomic E-state index is 12.4. The first-order valence-electron chi connectivity index (χ1n) is 8.51. The van der Waals surface area contributed by atoms with Crippen LogP contribution in [0.25, 0.3) is 0 Å². The Hall–Kier alpha value is -2.53. The predicted molar refractivity (Wildman–Crippen MR) is 101 cm³/mol. The third-order valence-electron chi connectivity index (χ3n) is 3.83. The van der Waals surface area contributed by atoms with Crippen molar-refractivity contribution in [2.75, 3.05) is 31.0 Å². The average Bonchev–Trinajstić information content (AvgIpc) is 2.64. The molecule has 5 nitrogen and oxygen atoms in total. The maximum Gasteiger partial charge on any atom is 0.246 e. The molecule has 0 aliphatic rings. The summed E-state index contributed by atoms with van der Waals surface area (Å²) >= 11 is 0. The van der Waals surface area contributed by atoms with Gasteiger partial charge in [0.2, 0.25) is 5.91 Å². The third-order valence-corrected chi connectivity index (χ3v) is 3.83. The highest BCUT2D eigenvalue weighted by molar-refractivity contribution is 5.96. The van der Waals surface area contributed by atoms with Crippen LogP contribution in [0.3, 0.4) is 0 Å². The van der Waals surface area contributed by atoms with Crippen LogP contribution in [0, 0.1) is 0 Å². The molecule has 1 amide bonds. The number of hydrogen-bond acceptors (Lipinski definition) is 4. The number of aryl methyl sites for hydroxylation is 1. The van der Waals surface area contributed by atoms with Gasteiger partial charge in [-0.2, -0.15) is 0 Å². The number of carbonyl (C=O) groups excluding carboxylic acids is 1. The maximum atomic E-state index is 12.4. The van der Waals surface area contributed by atoms with Crippen molar-refractivity contribution in [2.45, 2.75) is 26.3 Å². The van der Waals surface area contributed by atoms with Crippen molar-refractivity contribution in [1.29, 1.82) is 0 Å². The smallest absolute Gasteiger partial charge is 0.246 e. The van der Waals surface area contributed by atoms with E-state index in [-0.39, 0.29) is 5.91 Å². The lowest BCUT2D eigenvalue weighted by Crippen LogP contribution is -2.32. The zero-order chi connectivity index (χ0) is 18.1. The molecule has 0 aliphatic carbocycles. The first-order chi connectivity index (χ1) is 12.1. The topological polar surface area (TPSA) is 59.6 Å². The normalized spacial score (nSPS) is 11.6. The van der Waals surface area contributed by atoms with Gasteiger partial charge in [-0.1, -0.05) is 31.2 Å². The van der Waals surface area contributed by atoms with Gasteiger partial charge in [-0.05, 0) is 43.2 Å². The Balaban J connectivity index is 1.96. The number of benzene rings is 2. The SMILES string of the molecule is CCc1ccc(NC(=O)C(C)Nc2ccccc2OCCOC)cc1. The van der Waals surface area contributed by atoms with Gasteiger partial charge >= 0.3 is 0 Å². The van der Waals surface area contributed by atoms with E-state index in [9.17, 15) is 4.79 Å². The predicted octanol–water partition coefficient (Wildman–Crippen LogP) is 3.71. The number of hydrogen-bond donors (Lipinski definition) is 2. The standard InChI is InChI=1S/C20H26N2O3/c1-4-16-9-11-17(12-10-16)22-20(23)15(2)21-18-7-5-6-8-19(18)25-14-13-24-3/h5-12,15,21H,4,13-14H2,1-3H3,(H,22,23). The fourth-order valence-corrected chi connectivity index (χ4v) is 2.32. The highest BCUT2D eigenvalue weighted by atomic mass is 16.5. The molecule has 0 aliphatic heterocycles. The molecule has 0 spiro atoms. The van der Waals surface area contributed by atoms with Crippen LogP contribution < -0.4 is 15.4 Å². The van der Waals surface area contributed by atoms with Crippen molar-refractivity contribution in [3.63, 3.8) is 0 Å². The number of anilines is 2. The second kappa shape index (κ2) is 9.69. The Labute approximate surface area is 149 Å². The van der Waals surface area contributed by atoms with Gasteiger partial charge in [0.05, 0.1) is 12.3 Å². The summed E-state index contributed by atoms with van der Waals surface area (Å²) in [6, 6.07) is 15.0. The average molecular weight is 342 g/mol. The number of nitrogens with one attached hydrogen (secondary N) is 2. The summed E-state index contributed by atoms with van der Waals surface area (Å²) in [6.07, 6.45) is 0.978. The van der Waals surface area contributed by atoms with E-state index in [1.54, 1.807) is 7.11 Å². The molecule has 1 unspecified atom stereocenters. The Bertz CT molecular complexity index is 671. The van der Waals surface area contributed by atoms with Crippen LogP contribution in [-0.4, -0.2) is 32.3 Å². The van der Waals surface area contributed by atoms with Crippen LogP contribution in [-0.2, 0) is 16.0 Å². The van der Waals surface area contributed by atoms with E-state index in [1.165, 1.54) is 5.56 Å². The molecule has 1 atom stereocenters. The molecule has 5 heteroatoms. The highest BCUT2D eigenvalue weighted by Crippen LogP contribution is 2.24. The third kappa shape index (κ3) is 5.80. The first-order valence-corrected chi connectivity index (χ1v) is 8.51. The van der Waals surface area contributed by atoms with Gasteiger partial charge in [-0.15, -0.1) is 0 Å². The molecule has 2 N–H and O–H groups in total. The minimum Gasteiger partial charge on any atom is -0.489 e. The molecule has 2 aromatic rings. The summed E-state index contributed by atoms with van der Waals surface area (Å²) in [7, 11) is 1.63. The lowest BCUT2D eigenvalue weighted by atomic mass is 10.1. The summed E-state index contributed by atoms with van der Waals surface area (Å²) in [5.41, 5.74) is 2.81. The summed E-state index contributed by atoms with van der Waals surface area (Å²) in [5, 5.41) is 6.12. The molecule has 0 heterocycles. The van der Waals surface area contributed by atoms with Gasteiger partial charge in [0.15, 0.2) is 0 Å².